The third-order valence-corrected chi connectivity index (χ3v) is 5.18. The maximum absolute atomic E-state index is 12.4. The minimum Gasteiger partial charge on any atom is -0.469 e. The molecule has 2 atom stereocenters. The van der Waals surface area contributed by atoms with Crippen LogP contribution in [0.4, 0.5) is 0 Å². The lowest BCUT2D eigenvalue weighted by Crippen LogP contribution is -2.42. The SMILES string of the molecule is COC(=O)C[C@H](NC(=O)c1cc2c(s1)CC[C@@H](C)C2)C(=O)OC. The molecule has 1 aromatic heterocycles. The van der Waals surface area contributed by atoms with Crippen molar-refractivity contribution < 1.29 is 23.9 Å². The van der Waals surface area contributed by atoms with E-state index in [2.05, 4.69) is 21.7 Å². The largest absolute Gasteiger partial charge is 0.469 e. The minimum atomic E-state index is -1.04. The van der Waals surface area contributed by atoms with E-state index in [1.165, 1.54) is 36.0 Å². The van der Waals surface area contributed by atoms with Gasteiger partial charge in [0.15, 0.2) is 0 Å². The number of fused-ring (bicyclic) bond motifs is 1. The summed E-state index contributed by atoms with van der Waals surface area (Å²) in [5.74, 6) is -0.995. The molecule has 1 N–H and O–H groups in total. The van der Waals surface area contributed by atoms with E-state index in [-0.39, 0.29) is 12.3 Å². The van der Waals surface area contributed by atoms with Crippen LogP contribution in [0.1, 0.15) is 39.9 Å². The fourth-order valence-electron chi connectivity index (χ4n) is 2.63. The zero-order valence-corrected chi connectivity index (χ0v) is 14.3. The van der Waals surface area contributed by atoms with Gasteiger partial charge in [-0.05, 0) is 36.8 Å². The van der Waals surface area contributed by atoms with Gasteiger partial charge in [0.05, 0.1) is 25.5 Å². The molecule has 1 aliphatic carbocycles. The molecule has 0 saturated heterocycles. The third kappa shape index (κ3) is 4.31. The van der Waals surface area contributed by atoms with Gasteiger partial charge in [-0.25, -0.2) is 4.79 Å². The molecule has 0 unspecified atom stereocenters. The number of carbonyl (C=O) groups excluding carboxylic acids is 3. The quantitative estimate of drug-likeness (QED) is 0.826. The highest BCUT2D eigenvalue weighted by Gasteiger charge is 2.27. The van der Waals surface area contributed by atoms with Crippen molar-refractivity contribution in [2.45, 2.75) is 38.6 Å². The number of methoxy groups -OCH3 is 2. The van der Waals surface area contributed by atoms with Crippen molar-refractivity contribution in [3.63, 3.8) is 0 Å². The van der Waals surface area contributed by atoms with Gasteiger partial charge >= 0.3 is 11.9 Å². The molecule has 0 radical (unpaired) electrons. The molecular weight excluding hydrogens is 318 g/mol. The average Bonchev–Trinajstić information content (AvgIpc) is 2.96. The van der Waals surface area contributed by atoms with Crippen LogP contribution in [0.3, 0.4) is 0 Å². The maximum Gasteiger partial charge on any atom is 0.328 e. The number of amides is 1. The summed E-state index contributed by atoms with van der Waals surface area (Å²) in [5.41, 5.74) is 1.21. The average molecular weight is 339 g/mol. The van der Waals surface area contributed by atoms with Gasteiger partial charge in [-0.1, -0.05) is 6.92 Å². The van der Waals surface area contributed by atoms with Gasteiger partial charge in [-0.2, -0.15) is 0 Å². The van der Waals surface area contributed by atoms with Crippen molar-refractivity contribution >= 4 is 29.2 Å². The van der Waals surface area contributed by atoms with Gasteiger partial charge in [-0.3, -0.25) is 9.59 Å². The van der Waals surface area contributed by atoms with E-state index in [0.717, 1.165) is 19.3 Å². The van der Waals surface area contributed by atoms with Gasteiger partial charge in [0.25, 0.3) is 5.91 Å². The van der Waals surface area contributed by atoms with E-state index in [4.69, 9.17) is 0 Å². The first kappa shape index (κ1) is 17.5. The Hall–Kier alpha value is -1.89. The molecule has 0 aliphatic heterocycles. The summed E-state index contributed by atoms with van der Waals surface area (Å²) in [5, 5.41) is 2.57. The first-order chi connectivity index (χ1) is 10.9. The maximum atomic E-state index is 12.4. The number of carbonyl (C=O) groups is 3. The van der Waals surface area contributed by atoms with Crippen LogP contribution in [0.25, 0.3) is 0 Å². The highest BCUT2D eigenvalue weighted by atomic mass is 32.1. The summed E-state index contributed by atoms with van der Waals surface area (Å²) in [6.07, 6.45) is 2.83. The molecule has 0 fully saturated rings. The number of aryl methyl sites for hydroxylation is 1. The summed E-state index contributed by atoms with van der Waals surface area (Å²) < 4.78 is 9.18. The zero-order valence-electron chi connectivity index (χ0n) is 13.5. The normalized spacial score (nSPS) is 17.8. The van der Waals surface area contributed by atoms with Gasteiger partial charge in [0, 0.05) is 4.88 Å². The van der Waals surface area contributed by atoms with E-state index in [1.807, 2.05) is 6.07 Å². The van der Waals surface area contributed by atoms with Crippen LogP contribution >= 0.6 is 11.3 Å². The Morgan fingerprint density at radius 2 is 2.09 bits per heavy atom. The predicted octanol–water partition coefficient (Wildman–Crippen LogP) is 1.71. The van der Waals surface area contributed by atoms with Crippen LogP contribution in [0.5, 0.6) is 0 Å². The topological polar surface area (TPSA) is 81.7 Å². The lowest BCUT2D eigenvalue weighted by atomic mass is 9.90. The van der Waals surface area contributed by atoms with E-state index < -0.39 is 18.0 Å². The van der Waals surface area contributed by atoms with Crippen molar-refractivity contribution in [2.75, 3.05) is 14.2 Å². The molecule has 0 spiro atoms. The summed E-state index contributed by atoms with van der Waals surface area (Å²) >= 11 is 1.45. The molecule has 1 heterocycles. The Labute approximate surface area is 139 Å². The van der Waals surface area contributed by atoms with Crippen LogP contribution in [0.15, 0.2) is 6.07 Å². The van der Waals surface area contributed by atoms with Crippen LogP contribution in [-0.4, -0.2) is 38.1 Å². The van der Waals surface area contributed by atoms with Gasteiger partial charge in [-0.15, -0.1) is 11.3 Å². The van der Waals surface area contributed by atoms with E-state index in [9.17, 15) is 14.4 Å². The second-order valence-electron chi connectivity index (χ2n) is 5.74. The molecule has 6 nitrogen and oxygen atoms in total. The predicted molar refractivity (Wildman–Crippen MR) is 85.4 cm³/mol. The lowest BCUT2D eigenvalue weighted by molar-refractivity contribution is -0.149. The Bertz CT molecular complexity index is 610. The summed E-state index contributed by atoms with van der Waals surface area (Å²) in [7, 11) is 2.44. The molecule has 0 aromatic carbocycles. The first-order valence-electron chi connectivity index (χ1n) is 7.51. The number of hydrogen-bond donors (Lipinski definition) is 1. The van der Waals surface area contributed by atoms with Crippen molar-refractivity contribution in [2.24, 2.45) is 5.92 Å². The van der Waals surface area contributed by atoms with Gasteiger partial charge in [0.1, 0.15) is 6.04 Å². The highest BCUT2D eigenvalue weighted by Crippen LogP contribution is 2.32. The van der Waals surface area contributed by atoms with Crippen molar-refractivity contribution in [1.82, 2.24) is 5.32 Å². The molecule has 2 rings (SSSR count). The van der Waals surface area contributed by atoms with Crippen molar-refractivity contribution in [3.8, 4) is 0 Å². The van der Waals surface area contributed by atoms with Crippen LogP contribution in [-0.2, 0) is 31.9 Å². The molecule has 1 aliphatic rings. The standard InChI is InChI=1S/C16H21NO5S/c1-9-4-5-12-10(6-9)7-13(23-12)15(19)17-11(16(20)22-3)8-14(18)21-2/h7,9,11H,4-6,8H2,1-3H3,(H,17,19)/t9-,11+/m1/s1. The number of nitrogens with one attached hydrogen (secondary N) is 1. The van der Waals surface area contributed by atoms with E-state index in [0.29, 0.717) is 10.8 Å². The molecule has 7 heteroatoms. The molecule has 23 heavy (non-hydrogen) atoms. The number of rotatable bonds is 5. The second kappa shape index (κ2) is 7.59. The fraction of sp³-hybridized carbons (Fsp3) is 0.562. The summed E-state index contributed by atoms with van der Waals surface area (Å²) in [6.45, 7) is 2.20. The Kier molecular flexibility index (Phi) is 5.76. The molecule has 126 valence electrons. The smallest absolute Gasteiger partial charge is 0.328 e. The number of thiophene rings is 1. The number of esters is 2. The third-order valence-electron chi connectivity index (χ3n) is 3.94. The van der Waals surface area contributed by atoms with Crippen LogP contribution in [0, 0.1) is 5.92 Å². The zero-order chi connectivity index (χ0) is 17.0. The van der Waals surface area contributed by atoms with Gasteiger partial charge in [0.2, 0.25) is 0 Å². The number of hydrogen-bond acceptors (Lipinski definition) is 6. The summed E-state index contributed by atoms with van der Waals surface area (Å²) in [6, 6.07) is 0.843. The van der Waals surface area contributed by atoms with Crippen molar-refractivity contribution in [3.05, 3.63) is 21.4 Å². The molecule has 0 saturated carbocycles. The molecule has 1 amide bonds. The Morgan fingerprint density at radius 1 is 1.35 bits per heavy atom. The highest BCUT2D eigenvalue weighted by molar-refractivity contribution is 7.14. The van der Waals surface area contributed by atoms with E-state index in [1.54, 1.807) is 0 Å². The first-order valence-corrected chi connectivity index (χ1v) is 8.33. The van der Waals surface area contributed by atoms with Crippen LogP contribution in [0.2, 0.25) is 0 Å². The van der Waals surface area contributed by atoms with Gasteiger partial charge < -0.3 is 14.8 Å². The Balaban J connectivity index is 2.09. The Morgan fingerprint density at radius 3 is 2.74 bits per heavy atom. The molecule has 0 bridgehead atoms. The van der Waals surface area contributed by atoms with Crippen LogP contribution < -0.4 is 5.32 Å². The minimum absolute atomic E-state index is 0.253. The molecule has 1 aromatic rings. The van der Waals surface area contributed by atoms with Crippen molar-refractivity contribution in [1.29, 1.82) is 0 Å². The fourth-order valence-corrected chi connectivity index (χ4v) is 3.74. The molecular formula is C16H21NO5S. The lowest BCUT2D eigenvalue weighted by Gasteiger charge is -2.16. The second-order valence-corrected chi connectivity index (χ2v) is 6.87. The van der Waals surface area contributed by atoms with E-state index >= 15 is 0 Å². The summed E-state index contributed by atoms with van der Waals surface area (Å²) in [4.78, 5) is 37.3. The number of ether oxygens (including phenoxy) is 2. The monoisotopic (exact) mass is 339 g/mol.